The van der Waals surface area contributed by atoms with E-state index in [-0.39, 0.29) is 42.7 Å². The Morgan fingerprint density at radius 1 is 1.25 bits per heavy atom. The fourth-order valence-corrected chi connectivity index (χ4v) is 4.04. The van der Waals surface area contributed by atoms with Crippen molar-refractivity contribution in [2.75, 3.05) is 38.0 Å². The van der Waals surface area contributed by atoms with Crippen LogP contribution in [0, 0.1) is 12.7 Å². The molecule has 3 heterocycles. The van der Waals surface area contributed by atoms with Gasteiger partial charge in [-0.05, 0) is 44.0 Å². The third-order valence-corrected chi connectivity index (χ3v) is 5.69. The van der Waals surface area contributed by atoms with E-state index in [2.05, 4.69) is 20.6 Å². The van der Waals surface area contributed by atoms with E-state index >= 15 is 0 Å². The van der Waals surface area contributed by atoms with Crippen LogP contribution in [0.25, 0.3) is 0 Å². The van der Waals surface area contributed by atoms with Crippen LogP contribution in [0.1, 0.15) is 40.8 Å². The third-order valence-electron chi connectivity index (χ3n) is 5.69. The van der Waals surface area contributed by atoms with Gasteiger partial charge >= 0.3 is 0 Å². The van der Waals surface area contributed by atoms with Crippen LogP contribution < -0.4 is 10.6 Å². The van der Waals surface area contributed by atoms with E-state index in [0.717, 1.165) is 12.8 Å². The Morgan fingerprint density at radius 2 is 2.03 bits per heavy atom. The van der Waals surface area contributed by atoms with E-state index in [4.69, 9.17) is 0 Å². The van der Waals surface area contributed by atoms with Crippen molar-refractivity contribution in [1.82, 2.24) is 25.1 Å². The lowest BCUT2D eigenvalue weighted by Crippen LogP contribution is -2.51. The van der Waals surface area contributed by atoms with Crippen molar-refractivity contribution in [3.63, 3.8) is 0 Å². The molecule has 2 N–H and O–H groups in total. The molecule has 10 heteroatoms. The highest BCUT2D eigenvalue weighted by molar-refractivity contribution is 6.04. The van der Waals surface area contributed by atoms with E-state index in [1.165, 1.54) is 30.5 Å². The van der Waals surface area contributed by atoms with Gasteiger partial charge in [-0.2, -0.15) is 0 Å². The molecular formula is C22H25FN6O3. The summed E-state index contributed by atoms with van der Waals surface area (Å²) in [5.41, 5.74) is 1.29. The molecule has 2 aliphatic heterocycles. The molecule has 0 spiro atoms. The molecule has 0 bridgehead atoms. The lowest BCUT2D eigenvalue weighted by molar-refractivity contribution is -0.134. The highest BCUT2D eigenvalue weighted by Gasteiger charge is 2.33. The SMILES string of the molecule is Cc1nc([C@@H]2CCCN2C(=O)CN2CCNC(=O)C2)ncc1C(=O)Nc1ccc(F)cc1. The van der Waals surface area contributed by atoms with Crippen molar-refractivity contribution < 1.29 is 18.8 Å². The number of hydrogen-bond acceptors (Lipinski definition) is 6. The number of piperazine rings is 1. The molecule has 4 rings (SSSR count). The first-order chi connectivity index (χ1) is 15.4. The number of rotatable bonds is 5. The molecule has 0 aliphatic carbocycles. The second-order valence-electron chi connectivity index (χ2n) is 7.99. The Morgan fingerprint density at radius 3 is 2.75 bits per heavy atom. The van der Waals surface area contributed by atoms with Gasteiger partial charge in [-0.1, -0.05) is 0 Å². The number of amides is 3. The summed E-state index contributed by atoms with van der Waals surface area (Å²) in [6.07, 6.45) is 3.05. The summed E-state index contributed by atoms with van der Waals surface area (Å²) < 4.78 is 13.1. The Bertz CT molecular complexity index is 1030. The Labute approximate surface area is 185 Å². The quantitative estimate of drug-likeness (QED) is 0.725. The Kier molecular flexibility index (Phi) is 6.40. The predicted molar refractivity (Wildman–Crippen MR) is 114 cm³/mol. The Hall–Kier alpha value is -3.40. The summed E-state index contributed by atoms with van der Waals surface area (Å²) >= 11 is 0. The highest BCUT2D eigenvalue weighted by Crippen LogP contribution is 2.30. The van der Waals surface area contributed by atoms with Gasteiger partial charge in [-0.15, -0.1) is 0 Å². The number of anilines is 1. The number of aromatic nitrogens is 2. The first-order valence-electron chi connectivity index (χ1n) is 10.6. The minimum atomic E-state index is -0.386. The van der Waals surface area contributed by atoms with E-state index in [9.17, 15) is 18.8 Å². The largest absolute Gasteiger partial charge is 0.354 e. The van der Waals surface area contributed by atoms with Gasteiger partial charge in [-0.3, -0.25) is 19.3 Å². The number of aryl methyl sites for hydroxylation is 1. The second-order valence-corrected chi connectivity index (χ2v) is 7.99. The zero-order valence-electron chi connectivity index (χ0n) is 17.8. The summed E-state index contributed by atoms with van der Waals surface area (Å²) in [5.74, 6) is -0.394. The number of carbonyl (C=O) groups is 3. The van der Waals surface area contributed by atoms with Crippen LogP contribution in [0.5, 0.6) is 0 Å². The predicted octanol–water partition coefficient (Wildman–Crippen LogP) is 1.27. The molecule has 2 fully saturated rings. The number of carbonyl (C=O) groups excluding carboxylic acids is 3. The lowest BCUT2D eigenvalue weighted by Gasteiger charge is -2.30. The molecule has 1 aromatic carbocycles. The molecule has 1 atom stereocenters. The highest BCUT2D eigenvalue weighted by atomic mass is 19.1. The van der Waals surface area contributed by atoms with Crippen LogP contribution in [0.2, 0.25) is 0 Å². The van der Waals surface area contributed by atoms with Crippen molar-refractivity contribution in [2.24, 2.45) is 0 Å². The first kappa shape index (κ1) is 21.8. The molecule has 0 saturated carbocycles. The van der Waals surface area contributed by atoms with Gasteiger partial charge in [0.2, 0.25) is 11.8 Å². The van der Waals surface area contributed by atoms with E-state index in [1.807, 2.05) is 4.90 Å². The van der Waals surface area contributed by atoms with E-state index in [0.29, 0.717) is 42.4 Å². The summed E-state index contributed by atoms with van der Waals surface area (Å²) in [5, 5.41) is 5.46. The minimum absolute atomic E-state index is 0.0541. The van der Waals surface area contributed by atoms with Crippen molar-refractivity contribution in [1.29, 1.82) is 0 Å². The average Bonchev–Trinajstić information content (AvgIpc) is 3.25. The van der Waals surface area contributed by atoms with Crippen LogP contribution in [-0.4, -0.2) is 70.2 Å². The van der Waals surface area contributed by atoms with Gasteiger partial charge in [0.15, 0.2) is 5.82 Å². The topological polar surface area (TPSA) is 108 Å². The third kappa shape index (κ3) is 4.91. The normalized spacial score (nSPS) is 19.0. The molecule has 168 valence electrons. The average molecular weight is 440 g/mol. The summed E-state index contributed by atoms with van der Waals surface area (Å²) in [4.78, 5) is 49.6. The van der Waals surface area contributed by atoms with Gasteiger partial charge in [-0.25, -0.2) is 14.4 Å². The molecule has 9 nitrogen and oxygen atoms in total. The second kappa shape index (κ2) is 9.39. The maximum Gasteiger partial charge on any atom is 0.259 e. The molecule has 2 aromatic rings. The fourth-order valence-electron chi connectivity index (χ4n) is 4.04. The molecule has 0 radical (unpaired) electrons. The first-order valence-corrected chi connectivity index (χ1v) is 10.6. The van der Waals surface area contributed by atoms with Crippen molar-refractivity contribution >= 4 is 23.4 Å². The number of hydrogen-bond donors (Lipinski definition) is 2. The number of benzene rings is 1. The lowest BCUT2D eigenvalue weighted by atomic mass is 10.1. The van der Waals surface area contributed by atoms with Crippen LogP contribution in [0.3, 0.4) is 0 Å². The minimum Gasteiger partial charge on any atom is -0.354 e. The van der Waals surface area contributed by atoms with Gasteiger partial charge in [0.05, 0.1) is 30.4 Å². The maximum atomic E-state index is 13.1. The van der Waals surface area contributed by atoms with Gasteiger partial charge in [0, 0.05) is 31.5 Å². The van der Waals surface area contributed by atoms with Crippen LogP contribution in [0.4, 0.5) is 10.1 Å². The number of likely N-dealkylation sites (tertiary alicyclic amines) is 1. The fraction of sp³-hybridized carbons (Fsp3) is 0.409. The molecule has 32 heavy (non-hydrogen) atoms. The van der Waals surface area contributed by atoms with Crippen molar-refractivity contribution in [2.45, 2.75) is 25.8 Å². The monoisotopic (exact) mass is 440 g/mol. The number of nitrogens with zero attached hydrogens (tertiary/aromatic N) is 4. The summed E-state index contributed by atoms with van der Waals surface area (Å²) in [6.45, 7) is 3.92. The van der Waals surface area contributed by atoms with Crippen LogP contribution in [0.15, 0.2) is 30.5 Å². The smallest absolute Gasteiger partial charge is 0.259 e. The molecular weight excluding hydrogens is 415 g/mol. The van der Waals surface area contributed by atoms with Crippen molar-refractivity contribution in [3.05, 3.63) is 53.4 Å². The molecule has 3 amide bonds. The zero-order chi connectivity index (χ0) is 22.7. The van der Waals surface area contributed by atoms with E-state index in [1.54, 1.807) is 11.8 Å². The molecule has 1 aromatic heterocycles. The van der Waals surface area contributed by atoms with Crippen molar-refractivity contribution in [3.8, 4) is 0 Å². The standard InChI is InChI=1S/C22H25FN6O3/c1-14-17(22(32)27-16-6-4-15(23)5-7-16)11-25-21(26-14)18-3-2-9-29(18)20(31)13-28-10-8-24-19(30)12-28/h4-7,11,18H,2-3,8-10,12-13H2,1H3,(H,24,30)(H,27,32)/t18-/m0/s1. The maximum absolute atomic E-state index is 13.1. The summed E-state index contributed by atoms with van der Waals surface area (Å²) in [7, 11) is 0. The molecule has 0 unspecified atom stereocenters. The molecule has 2 aliphatic rings. The van der Waals surface area contributed by atoms with Crippen LogP contribution in [-0.2, 0) is 9.59 Å². The van der Waals surface area contributed by atoms with Gasteiger partial charge < -0.3 is 15.5 Å². The summed E-state index contributed by atoms with van der Waals surface area (Å²) in [6, 6.07) is 5.24. The zero-order valence-corrected chi connectivity index (χ0v) is 17.8. The molecule has 2 saturated heterocycles. The van der Waals surface area contributed by atoms with Gasteiger partial charge in [0.1, 0.15) is 5.82 Å². The van der Waals surface area contributed by atoms with Gasteiger partial charge in [0.25, 0.3) is 5.91 Å². The Balaban J connectivity index is 1.44. The number of halogens is 1. The van der Waals surface area contributed by atoms with Crippen LogP contribution >= 0.6 is 0 Å². The van der Waals surface area contributed by atoms with E-state index < -0.39 is 0 Å². The number of nitrogens with one attached hydrogen (secondary N) is 2.